The molecule has 0 saturated heterocycles. The van der Waals surface area contributed by atoms with Crippen LogP contribution in [0.4, 0.5) is 0 Å². The van der Waals surface area contributed by atoms with Crippen molar-refractivity contribution >= 4 is 31.2 Å². The summed E-state index contributed by atoms with van der Waals surface area (Å²) in [6.07, 6.45) is 0. The van der Waals surface area contributed by atoms with Crippen LogP contribution in [0.3, 0.4) is 0 Å². The summed E-state index contributed by atoms with van der Waals surface area (Å²) in [5.41, 5.74) is 0. The van der Waals surface area contributed by atoms with Crippen molar-refractivity contribution in [1.82, 2.24) is 0 Å². The van der Waals surface area contributed by atoms with Gasteiger partial charge in [0.2, 0.25) is 0 Å². The molecule has 0 amide bonds. The second-order valence-corrected chi connectivity index (χ2v) is 3.67. The minimum Gasteiger partial charge on any atom is -0.759 e. The molecule has 0 unspecified atom stereocenters. The van der Waals surface area contributed by atoms with E-state index in [0.717, 1.165) is 0 Å². The Morgan fingerprint density at radius 3 is 0.471 bits per heavy atom. The van der Waals surface area contributed by atoms with Gasteiger partial charge in [0.05, 0.1) is 0 Å². The summed E-state index contributed by atoms with van der Waals surface area (Å²) in [6.45, 7) is 0. The van der Waals surface area contributed by atoms with Gasteiger partial charge in [-0.05, 0) is 0 Å². The van der Waals surface area contributed by atoms with Crippen LogP contribution in [0.5, 0.6) is 0 Å². The van der Waals surface area contributed by atoms with Crippen molar-refractivity contribution in [3.8, 4) is 0 Å². The van der Waals surface area contributed by atoms with Gasteiger partial charge < -0.3 is 27.3 Å². The van der Waals surface area contributed by atoms with Gasteiger partial charge in [0.15, 0.2) is 0 Å². The zero-order valence-electron chi connectivity index (χ0n) is 6.98. The molecule has 0 atom stereocenters. The predicted molar refractivity (Wildman–Crippen MR) is 31.4 cm³/mol. The maximum atomic E-state index is 8.52. The van der Waals surface area contributed by atoms with E-state index in [1.165, 1.54) is 0 Å². The molecule has 0 N–H and O–H groups in total. The van der Waals surface area contributed by atoms with Crippen LogP contribution >= 0.6 is 0 Å². The largest absolute Gasteiger partial charge is 4.00 e. The van der Waals surface area contributed by atoms with Gasteiger partial charge in [-0.3, -0.25) is 25.3 Å². The molecule has 0 spiro atoms. The van der Waals surface area contributed by atoms with Crippen LogP contribution < -0.4 is 0 Å². The third-order valence-electron chi connectivity index (χ3n) is 0. The minimum absolute atomic E-state index is 0. The molecule has 0 saturated carbocycles. The summed E-state index contributed by atoms with van der Waals surface area (Å²) >= 11 is 0. The van der Waals surface area contributed by atoms with Crippen molar-refractivity contribution < 1.29 is 95.8 Å². The number of hydrogen-bond donors (Lipinski definition) is 0. The van der Waals surface area contributed by atoms with Crippen LogP contribution in [0.25, 0.3) is 0 Å². The fourth-order valence-corrected chi connectivity index (χ4v) is 0. The van der Waals surface area contributed by atoms with E-state index in [9.17, 15) is 0 Å². The number of rotatable bonds is 0. The molecule has 0 heterocycles. The molecular weight excluding hydrogens is 435 g/mol. The van der Waals surface area contributed by atoms with Crippen LogP contribution in [-0.2, 0) is 74.5 Å². The van der Waals surface area contributed by atoms with E-state index in [1.807, 2.05) is 0 Å². The van der Waals surface area contributed by atoms with Crippen LogP contribution in [-0.4, -0.2) is 52.6 Å². The molecule has 0 radical (unpaired) electrons. The fourth-order valence-electron chi connectivity index (χ4n) is 0. The first-order valence-corrected chi connectivity index (χ1v) is 6.00. The Balaban J connectivity index is -0.0000000400. The molecule has 0 fully saturated rings. The van der Waals surface area contributed by atoms with Crippen LogP contribution in [0.2, 0.25) is 0 Å². The van der Waals surface area contributed by atoms with E-state index in [0.29, 0.717) is 0 Å². The van der Waals surface area contributed by atoms with E-state index in [-0.39, 0.29) is 43.3 Å². The minimum atomic E-state index is -5.17. The molecule has 0 aromatic heterocycles. The summed E-state index contributed by atoms with van der Waals surface area (Å²) in [4.78, 5) is 0. The van der Waals surface area contributed by atoms with Crippen molar-refractivity contribution in [2.45, 2.75) is 0 Å². The zero-order chi connectivity index (χ0) is 13.5. The quantitative estimate of drug-likeness (QED) is 0.201. The molecule has 12 nitrogen and oxygen atoms in total. The third kappa shape index (κ3) is 3740. The summed E-state index contributed by atoms with van der Waals surface area (Å²) in [5.74, 6) is 0. The number of hydrogen-bond acceptors (Lipinski definition) is 12. The molecule has 0 aromatic carbocycles. The van der Waals surface area contributed by atoms with Crippen molar-refractivity contribution in [2.24, 2.45) is 0 Å². The van der Waals surface area contributed by atoms with Gasteiger partial charge in [0.1, 0.15) is 0 Å². The molecule has 102 valence electrons. The molecule has 0 bridgehead atoms. The Labute approximate surface area is 126 Å². The molecule has 17 heavy (non-hydrogen) atoms. The second-order valence-electron chi connectivity index (χ2n) is 1.22. The van der Waals surface area contributed by atoms with E-state index in [1.54, 1.807) is 0 Å². The van der Waals surface area contributed by atoms with Gasteiger partial charge in [-0.2, -0.15) is 0 Å². The van der Waals surface area contributed by atoms with Crippen molar-refractivity contribution in [2.75, 3.05) is 0 Å². The molecular formula is FeO12S3Zr. The SMILES string of the molecule is O=S(=O)([O-])[O-].O=S(=O)([O-])[O-].O=S(=O)([O-])[O-].[Fe+2].[Zr+4]. The molecule has 0 aliphatic carbocycles. The van der Waals surface area contributed by atoms with E-state index in [2.05, 4.69) is 0 Å². The Bertz CT molecular complexity index is 343. The van der Waals surface area contributed by atoms with E-state index < -0.39 is 31.2 Å². The summed E-state index contributed by atoms with van der Waals surface area (Å²) in [6, 6.07) is 0. The van der Waals surface area contributed by atoms with Crippen molar-refractivity contribution in [1.29, 1.82) is 0 Å². The first-order valence-electron chi connectivity index (χ1n) is 2.00. The van der Waals surface area contributed by atoms with Gasteiger partial charge in [-0.15, -0.1) is 0 Å². The van der Waals surface area contributed by atoms with Crippen LogP contribution in [0.15, 0.2) is 0 Å². The average Bonchev–Trinajstić information content (AvgIpc) is 1.41. The Kier molecular flexibility index (Phi) is 21.9. The van der Waals surface area contributed by atoms with E-state index >= 15 is 0 Å². The van der Waals surface area contributed by atoms with Gasteiger partial charge in [0.25, 0.3) is 0 Å². The second kappa shape index (κ2) is 12.1. The third-order valence-corrected chi connectivity index (χ3v) is 0. The predicted octanol–water partition coefficient (Wildman–Crippen LogP) is -4.02. The molecule has 0 aromatic rings. The van der Waals surface area contributed by atoms with Gasteiger partial charge in [0, 0.05) is 31.2 Å². The first-order chi connectivity index (χ1) is 6.00. The fraction of sp³-hybridized carbons (Fsp3) is 0. The molecule has 17 heteroatoms. The summed E-state index contributed by atoms with van der Waals surface area (Å²) in [7, 11) is -15.5. The van der Waals surface area contributed by atoms with Gasteiger partial charge >= 0.3 is 43.3 Å². The molecule has 0 rings (SSSR count). The van der Waals surface area contributed by atoms with Crippen molar-refractivity contribution in [3.63, 3.8) is 0 Å². The first kappa shape index (κ1) is 30.8. The molecule has 0 aliphatic rings. The Morgan fingerprint density at radius 1 is 0.471 bits per heavy atom. The van der Waals surface area contributed by atoms with Crippen LogP contribution in [0.1, 0.15) is 0 Å². The average molecular weight is 435 g/mol. The van der Waals surface area contributed by atoms with Crippen molar-refractivity contribution in [3.05, 3.63) is 0 Å². The maximum Gasteiger partial charge on any atom is 4.00 e. The topological polar surface area (TPSA) is 241 Å². The Morgan fingerprint density at radius 2 is 0.471 bits per heavy atom. The van der Waals surface area contributed by atoms with Gasteiger partial charge in [-0.1, -0.05) is 0 Å². The summed E-state index contributed by atoms with van der Waals surface area (Å²) < 4.78 is 102. The molecule has 0 aliphatic heterocycles. The monoisotopic (exact) mass is 434 g/mol. The van der Waals surface area contributed by atoms with Gasteiger partial charge in [-0.25, -0.2) is 0 Å². The maximum absolute atomic E-state index is 8.52. The standard InChI is InChI=1S/Fe.3H2O4S.Zr/c;3*1-5(2,3)4;/h;3*(H2,1,2,3,4);/q+2;;;;+4/p-6. The smallest absolute Gasteiger partial charge is 0.759 e. The zero-order valence-corrected chi connectivity index (χ0v) is 13.0. The van der Waals surface area contributed by atoms with Crippen LogP contribution in [0, 0.1) is 0 Å². The Hall–Kier alpha value is 1.01. The van der Waals surface area contributed by atoms with E-state index in [4.69, 9.17) is 52.6 Å². The summed E-state index contributed by atoms with van der Waals surface area (Å²) in [5, 5.41) is 0. The normalized spacial score (nSPS) is 10.2.